The van der Waals surface area contributed by atoms with Gasteiger partial charge in [0.2, 0.25) is 5.91 Å². The quantitative estimate of drug-likeness (QED) is 0.842. The lowest BCUT2D eigenvalue weighted by molar-refractivity contribution is -0.121. The van der Waals surface area contributed by atoms with Crippen molar-refractivity contribution in [3.63, 3.8) is 0 Å². The molecule has 2 aromatic rings. The Morgan fingerprint density at radius 2 is 2.39 bits per heavy atom. The predicted molar refractivity (Wildman–Crippen MR) is 71.7 cm³/mol. The predicted octanol–water partition coefficient (Wildman–Crippen LogP) is 1.15. The van der Waals surface area contributed by atoms with E-state index in [1.165, 1.54) is 22.2 Å². The van der Waals surface area contributed by atoms with Gasteiger partial charge in [0.1, 0.15) is 11.4 Å². The van der Waals surface area contributed by atoms with Crippen molar-refractivity contribution in [1.82, 2.24) is 14.9 Å². The van der Waals surface area contributed by atoms with E-state index in [0.29, 0.717) is 16.8 Å². The van der Waals surface area contributed by atoms with Crippen LogP contribution in [0.1, 0.15) is 6.92 Å². The highest BCUT2D eigenvalue weighted by Gasteiger charge is 2.08. The van der Waals surface area contributed by atoms with Gasteiger partial charge in [-0.15, -0.1) is 11.3 Å². The summed E-state index contributed by atoms with van der Waals surface area (Å²) in [6.45, 7) is 5.91. The molecule has 2 heterocycles. The highest BCUT2D eigenvalue weighted by molar-refractivity contribution is 7.16. The molecule has 0 unspecified atom stereocenters. The van der Waals surface area contributed by atoms with Gasteiger partial charge in [-0.1, -0.05) is 12.2 Å². The van der Waals surface area contributed by atoms with Crippen molar-refractivity contribution in [2.45, 2.75) is 13.5 Å². The molecule has 0 aliphatic heterocycles. The van der Waals surface area contributed by atoms with Crippen molar-refractivity contribution in [2.75, 3.05) is 6.54 Å². The van der Waals surface area contributed by atoms with Crippen molar-refractivity contribution >= 4 is 27.5 Å². The first-order chi connectivity index (χ1) is 8.58. The first-order valence-corrected chi connectivity index (χ1v) is 6.29. The van der Waals surface area contributed by atoms with Gasteiger partial charge >= 0.3 is 0 Å². The Labute approximate surface area is 108 Å². The number of rotatable bonds is 4. The Kier molecular flexibility index (Phi) is 3.57. The molecule has 2 aromatic heterocycles. The summed E-state index contributed by atoms with van der Waals surface area (Å²) in [4.78, 5) is 28.4. The monoisotopic (exact) mass is 263 g/mol. The molecule has 6 heteroatoms. The van der Waals surface area contributed by atoms with Crippen LogP contribution in [0.15, 0.2) is 34.7 Å². The molecule has 0 bridgehead atoms. The number of thiophene rings is 1. The van der Waals surface area contributed by atoms with Gasteiger partial charge in [0.25, 0.3) is 5.56 Å². The third-order valence-electron chi connectivity index (χ3n) is 2.35. The molecule has 0 aliphatic carbocycles. The summed E-state index contributed by atoms with van der Waals surface area (Å²) in [6, 6.07) is 1.72. The molecule has 0 radical (unpaired) electrons. The van der Waals surface area contributed by atoms with Gasteiger partial charge < -0.3 is 5.32 Å². The fraction of sp³-hybridized carbons (Fsp3) is 0.250. The Morgan fingerprint density at radius 1 is 1.61 bits per heavy atom. The maximum Gasteiger partial charge on any atom is 0.262 e. The van der Waals surface area contributed by atoms with E-state index in [2.05, 4.69) is 16.9 Å². The normalized spacial score (nSPS) is 10.5. The third-order valence-corrected chi connectivity index (χ3v) is 3.17. The van der Waals surface area contributed by atoms with E-state index in [4.69, 9.17) is 0 Å². The lowest BCUT2D eigenvalue weighted by Gasteiger charge is -2.06. The SMILES string of the molecule is C=C(C)CNC(=O)Cn1cnc2sccc2c1=O. The summed E-state index contributed by atoms with van der Waals surface area (Å²) in [5.41, 5.74) is 0.675. The molecule has 1 N–H and O–H groups in total. The van der Waals surface area contributed by atoms with Crippen LogP contribution in [0.25, 0.3) is 10.2 Å². The summed E-state index contributed by atoms with van der Waals surface area (Å²) < 4.78 is 1.31. The minimum atomic E-state index is -0.225. The van der Waals surface area contributed by atoms with Crippen LogP contribution in [0.2, 0.25) is 0 Å². The standard InChI is InChI=1S/C12H13N3O2S/c1-8(2)5-13-10(16)6-15-7-14-11-9(12(15)17)3-4-18-11/h3-4,7H,1,5-6H2,2H3,(H,13,16). The second-order valence-corrected chi connectivity index (χ2v) is 4.95. The maximum atomic E-state index is 12.0. The minimum absolute atomic E-state index is 0.0229. The number of fused-ring (bicyclic) bond motifs is 1. The zero-order valence-electron chi connectivity index (χ0n) is 9.97. The molecular weight excluding hydrogens is 250 g/mol. The maximum absolute atomic E-state index is 12.0. The van der Waals surface area contributed by atoms with E-state index in [1.807, 2.05) is 12.3 Å². The van der Waals surface area contributed by atoms with Crippen LogP contribution >= 0.6 is 11.3 Å². The summed E-state index contributed by atoms with van der Waals surface area (Å²) in [7, 11) is 0. The van der Waals surface area contributed by atoms with Crippen LogP contribution in [0.5, 0.6) is 0 Å². The van der Waals surface area contributed by atoms with Crippen LogP contribution < -0.4 is 10.9 Å². The Bertz CT molecular complexity index is 657. The molecule has 0 saturated heterocycles. The Balaban J connectivity index is 2.16. The fourth-order valence-electron chi connectivity index (χ4n) is 1.47. The van der Waals surface area contributed by atoms with Gasteiger partial charge in [0.15, 0.2) is 0 Å². The number of amides is 1. The second kappa shape index (κ2) is 5.14. The van der Waals surface area contributed by atoms with Gasteiger partial charge in [-0.3, -0.25) is 14.2 Å². The van der Waals surface area contributed by atoms with E-state index >= 15 is 0 Å². The number of carbonyl (C=O) groups excluding carboxylic acids is 1. The van der Waals surface area contributed by atoms with Gasteiger partial charge in [0, 0.05) is 6.54 Å². The molecule has 0 fully saturated rings. The molecule has 0 saturated carbocycles. The number of hydrogen-bond donors (Lipinski definition) is 1. The molecule has 5 nitrogen and oxygen atoms in total. The molecule has 0 atom stereocenters. The van der Waals surface area contributed by atoms with E-state index in [-0.39, 0.29) is 18.0 Å². The van der Waals surface area contributed by atoms with E-state index in [9.17, 15) is 9.59 Å². The van der Waals surface area contributed by atoms with Crippen molar-refractivity contribution < 1.29 is 4.79 Å². The topological polar surface area (TPSA) is 64.0 Å². The van der Waals surface area contributed by atoms with E-state index in [1.54, 1.807) is 6.07 Å². The lowest BCUT2D eigenvalue weighted by atomic mass is 10.3. The highest BCUT2D eigenvalue weighted by Crippen LogP contribution is 2.12. The van der Waals surface area contributed by atoms with Crippen LogP contribution in [0, 0.1) is 0 Å². The molecule has 0 aromatic carbocycles. The van der Waals surface area contributed by atoms with Crippen LogP contribution in [-0.4, -0.2) is 22.0 Å². The average molecular weight is 263 g/mol. The van der Waals surface area contributed by atoms with Crippen LogP contribution in [-0.2, 0) is 11.3 Å². The molecule has 0 aliphatic rings. The average Bonchev–Trinajstić information content (AvgIpc) is 2.79. The van der Waals surface area contributed by atoms with E-state index in [0.717, 1.165) is 5.57 Å². The largest absolute Gasteiger partial charge is 0.351 e. The van der Waals surface area contributed by atoms with Crippen molar-refractivity contribution in [3.8, 4) is 0 Å². The number of aromatic nitrogens is 2. The minimum Gasteiger partial charge on any atom is -0.351 e. The fourth-order valence-corrected chi connectivity index (χ4v) is 2.19. The summed E-state index contributed by atoms with van der Waals surface area (Å²) >= 11 is 1.41. The summed E-state index contributed by atoms with van der Waals surface area (Å²) in [5, 5.41) is 5.04. The third kappa shape index (κ3) is 2.65. The Morgan fingerprint density at radius 3 is 3.11 bits per heavy atom. The first kappa shape index (κ1) is 12.5. The Hall–Kier alpha value is -1.95. The number of nitrogens with one attached hydrogen (secondary N) is 1. The molecule has 0 spiro atoms. The van der Waals surface area contributed by atoms with Crippen molar-refractivity contribution in [2.24, 2.45) is 0 Å². The summed E-state index contributed by atoms with van der Waals surface area (Å²) in [5.74, 6) is -0.225. The molecule has 2 rings (SSSR count). The van der Waals surface area contributed by atoms with Gasteiger partial charge in [-0.05, 0) is 18.4 Å². The van der Waals surface area contributed by atoms with Gasteiger partial charge in [-0.25, -0.2) is 4.98 Å². The molecular formula is C12H13N3O2S. The van der Waals surface area contributed by atoms with Crippen LogP contribution in [0.3, 0.4) is 0 Å². The van der Waals surface area contributed by atoms with Gasteiger partial charge in [-0.2, -0.15) is 0 Å². The molecule has 18 heavy (non-hydrogen) atoms. The van der Waals surface area contributed by atoms with Crippen molar-refractivity contribution in [3.05, 3.63) is 40.3 Å². The van der Waals surface area contributed by atoms with E-state index < -0.39 is 0 Å². The van der Waals surface area contributed by atoms with Crippen molar-refractivity contribution in [1.29, 1.82) is 0 Å². The first-order valence-electron chi connectivity index (χ1n) is 5.41. The summed E-state index contributed by atoms with van der Waals surface area (Å²) in [6.07, 6.45) is 1.40. The zero-order chi connectivity index (χ0) is 13.1. The number of nitrogens with zero attached hydrogens (tertiary/aromatic N) is 2. The van der Waals surface area contributed by atoms with Crippen LogP contribution in [0.4, 0.5) is 0 Å². The molecule has 94 valence electrons. The van der Waals surface area contributed by atoms with Gasteiger partial charge in [0.05, 0.1) is 11.7 Å². The second-order valence-electron chi connectivity index (χ2n) is 4.05. The molecule has 1 amide bonds. The highest BCUT2D eigenvalue weighted by atomic mass is 32.1. The number of hydrogen-bond acceptors (Lipinski definition) is 4. The number of carbonyl (C=O) groups is 1. The smallest absolute Gasteiger partial charge is 0.262 e. The zero-order valence-corrected chi connectivity index (χ0v) is 10.8. The lowest BCUT2D eigenvalue weighted by Crippen LogP contribution is -2.33.